The average molecular weight is 222 g/mol. The molecule has 0 bridgehead atoms. The minimum Gasteiger partial charge on any atom is -0.496 e. The van der Waals surface area contributed by atoms with Gasteiger partial charge in [0.25, 0.3) is 0 Å². The Morgan fingerprint density at radius 3 is 2.75 bits per heavy atom. The largest absolute Gasteiger partial charge is 0.496 e. The molecule has 16 heavy (non-hydrogen) atoms. The van der Waals surface area contributed by atoms with Crippen LogP contribution in [-0.4, -0.2) is 19.7 Å². The molecule has 0 aliphatic rings. The van der Waals surface area contributed by atoms with Crippen molar-refractivity contribution in [1.29, 1.82) is 0 Å². The Morgan fingerprint density at radius 2 is 2.12 bits per heavy atom. The summed E-state index contributed by atoms with van der Waals surface area (Å²) in [5.41, 5.74) is 1.44. The maximum Gasteiger partial charge on any atom is 0.341 e. The fourth-order valence-electron chi connectivity index (χ4n) is 1.47. The number of carbonyl (C=O) groups excluding carboxylic acids is 1. The van der Waals surface area contributed by atoms with Crippen LogP contribution in [0.2, 0.25) is 0 Å². The minimum atomic E-state index is -0.311. The van der Waals surface area contributed by atoms with E-state index in [1.165, 1.54) is 0 Å². The molecule has 1 aromatic rings. The molecule has 0 heterocycles. The fraction of sp³-hybridized carbons (Fsp3) is 0.462. The van der Waals surface area contributed by atoms with Crippen molar-refractivity contribution in [3.8, 4) is 5.75 Å². The molecule has 1 aromatic carbocycles. The van der Waals surface area contributed by atoms with Gasteiger partial charge < -0.3 is 9.47 Å². The monoisotopic (exact) mass is 222 g/mol. The summed E-state index contributed by atoms with van der Waals surface area (Å²) in [4.78, 5) is 11.7. The molecule has 3 heteroatoms. The number of carbonyl (C=O) groups is 1. The Labute approximate surface area is 96.4 Å². The summed E-state index contributed by atoms with van der Waals surface area (Å²) in [7, 11) is 1.56. The van der Waals surface area contributed by atoms with Crippen molar-refractivity contribution in [3.63, 3.8) is 0 Å². The molecule has 0 saturated carbocycles. The van der Waals surface area contributed by atoms with Gasteiger partial charge in [-0.2, -0.15) is 0 Å². The average Bonchev–Trinajstić information content (AvgIpc) is 2.29. The molecule has 88 valence electrons. The van der Waals surface area contributed by atoms with Gasteiger partial charge in [0, 0.05) is 0 Å². The lowest BCUT2D eigenvalue weighted by atomic mass is 10.1. The zero-order valence-corrected chi connectivity index (χ0v) is 10.1. The summed E-state index contributed by atoms with van der Waals surface area (Å²) in [6, 6.07) is 5.45. The smallest absolute Gasteiger partial charge is 0.341 e. The third kappa shape index (κ3) is 2.99. The summed E-state index contributed by atoms with van der Waals surface area (Å²) in [5.74, 6) is 0.290. The van der Waals surface area contributed by atoms with Crippen LogP contribution in [0.1, 0.15) is 35.7 Å². The fourth-order valence-corrected chi connectivity index (χ4v) is 1.47. The Morgan fingerprint density at radius 1 is 1.38 bits per heavy atom. The van der Waals surface area contributed by atoms with E-state index >= 15 is 0 Å². The van der Waals surface area contributed by atoms with Gasteiger partial charge in [0.05, 0.1) is 13.7 Å². The first kappa shape index (κ1) is 12.6. The zero-order valence-electron chi connectivity index (χ0n) is 10.1. The van der Waals surface area contributed by atoms with Crippen molar-refractivity contribution < 1.29 is 14.3 Å². The van der Waals surface area contributed by atoms with E-state index in [1.54, 1.807) is 13.2 Å². The van der Waals surface area contributed by atoms with Crippen molar-refractivity contribution >= 4 is 5.97 Å². The van der Waals surface area contributed by atoms with E-state index in [-0.39, 0.29) is 5.97 Å². The third-order valence-electron chi connectivity index (χ3n) is 2.37. The van der Waals surface area contributed by atoms with Crippen molar-refractivity contribution in [2.75, 3.05) is 13.7 Å². The van der Waals surface area contributed by atoms with Gasteiger partial charge in [0.1, 0.15) is 11.3 Å². The molecule has 0 spiro atoms. The van der Waals surface area contributed by atoms with Crippen molar-refractivity contribution in [3.05, 3.63) is 29.3 Å². The van der Waals surface area contributed by atoms with Gasteiger partial charge >= 0.3 is 5.97 Å². The number of esters is 1. The highest BCUT2D eigenvalue weighted by molar-refractivity contribution is 5.93. The topological polar surface area (TPSA) is 35.5 Å². The van der Waals surface area contributed by atoms with Gasteiger partial charge in [0.2, 0.25) is 0 Å². The number of hydrogen-bond donors (Lipinski definition) is 0. The van der Waals surface area contributed by atoms with Crippen molar-refractivity contribution in [2.45, 2.75) is 26.7 Å². The van der Waals surface area contributed by atoms with E-state index in [1.807, 2.05) is 19.1 Å². The van der Waals surface area contributed by atoms with Gasteiger partial charge in [-0.3, -0.25) is 0 Å². The summed E-state index contributed by atoms with van der Waals surface area (Å²) < 4.78 is 10.3. The zero-order chi connectivity index (χ0) is 12.0. The van der Waals surface area contributed by atoms with Crippen molar-refractivity contribution in [2.24, 2.45) is 0 Å². The first-order valence-corrected chi connectivity index (χ1v) is 5.51. The first-order chi connectivity index (χ1) is 7.70. The molecule has 0 unspecified atom stereocenters. The predicted molar refractivity (Wildman–Crippen MR) is 62.9 cm³/mol. The normalized spacial score (nSPS) is 9.94. The van der Waals surface area contributed by atoms with Crippen LogP contribution >= 0.6 is 0 Å². The number of ether oxygens (including phenoxy) is 2. The van der Waals surface area contributed by atoms with Crippen LogP contribution in [0.5, 0.6) is 5.75 Å². The third-order valence-corrected chi connectivity index (χ3v) is 2.37. The van der Waals surface area contributed by atoms with Gasteiger partial charge in [0.15, 0.2) is 0 Å². The van der Waals surface area contributed by atoms with Crippen LogP contribution in [0, 0.1) is 6.92 Å². The molecule has 1 rings (SSSR count). The van der Waals surface area contributed by atoms with E-state index in [2.05, 4.69) is 6.92 Å². The molecule has 0 amide bonds. The van der Waals surface area contributed by atoms with Crippen LogP contribution in [-0.2, 0) is 4.74 Å². The van der Waals surface area contributed by atoms with E-state index in [0.717, 1.165) is 18.4 Å². The lowest BCUT2D eigenvalue weighted by Crippen LogP contribution is -2.08. The van der Waals surface area contributed by atoms with Crippen molar-refractivity contribution in [1.82, 2.24) is 0 Å². The van der Waals surface area contributed by atoms with Crippen LogP contribution in [0.3, 0.4) is 0 Å². The second-order valence-electron chi connectivity index (χ2n) is 3.65. The maximum absolute atomic E-state index is 11.7. The van der Waals surface area contributed by atoms with E-state index in [4.69, 9.17) is 9.47 Å². The molecule has 0 N–H and O–H groups in total. The standard InChI is InChI=1S/C13H18O3/c1-4-5-9-16-13(14)11-8-6-7-10(2)12(11)15-3/h6-8H,4-5,9H2,1-3H3. The number of aryl methyl sites for hydroxylation is 1. The molecular weight excluding hydrogens is 204 g/mol. The SMILES string of the molecule is CCCCOC(=O)c1cccc(C)c1OC. The Hall–Kier alpha value is -1.51. The quantitative estimate of drug-likeness (QED) is 0.567. The predicted octanol–water partition coefficient (Wildman–Crippen LogP) is 2.96. The van der Waals surface area contributed by atoms with Gasteiger partial charge in [-0.25, -0.2) is 4.79 Å². The van der Waals surface area contributed by atoms with Gasteiger partial charge in [-0.1, -0.05) is 25.5 Å². The highest BCUT2D eigenvalue weighted by Gasteiger charge is 2.14. The molecule has 0 aliphatic carbocycles. The molecule has 0 aliphatic heterocycles. The molecule has 0 aromatic heterocycles. The van der Waals surface area contributed by atoms with Crippen LogP contribution in [0.15, 0.2) is 18.2 Å². The lowest BCUT2D eigenvalue weighted by molar-refractivity contribution is 0.0496. The highest BCUT2D eigenvalue weighted by Crippen LogP contribution is 2.23. The number of hydrogen-bond acceptors (Lipinski definition) is 3. The highest BCUT2D eigenvalue weighted by atomic mass is 16.5. The first-order valence-electron chi connectivity index (χ1n) is 5.51. The van der Waals surface area contributed by atoms with Crippen LogP contribution in [0.25, 0.3) is 0 Å². The molecular formula is C13H18O3. The molecule has 0 radical (unpaired) electrons. The Bertz CT molecular complexity index is 358. The van der Waals surface area contributed by atoms with Gasteiger partial charge in [-0.15, -0.1) is 0 Å². The number of unbranched alkanes of at least 4 members (excludes halogenated alkanes) is 1. The van der Waals surface area contributed by atoms with Crippen LogP contribution in [0.4, 0.5) is 0 Å². The molecule has 0 fully saturated rings. The molecule has 0 saturated heterocycles. The van der Waals surface area contributed by atoms with E-state index < -0.39 is 0 Å². The number of para-hydroxylation sites is 1. The summed E-state index contributed by atoms with van der Waals surface area (Å²) in [6.07, 6.45) is 1.90. The second kappa shape index (κ2) is 6.16. The second-order valence-corrected chi connectivity index (χ2v) is 3.65. The Kier molecular flexibility index (Phi) is 4.83. The number of rotatable bonds is 5. The summed E-state index contributed by atoms with van der Waals surface area (Å²) in [5, 5.41) is 0. The maximum atomic E-state index is 11.7. The van der Waals surface area contributed by atoms with Crippen LogP contribution < -0.4 is 4.74 Å². The Balaban J connectivity index is 2.78. The summed E-state index contributed by atoms with van der Waals surface area (Å²) >= 11 is 0. The minimum absolute atomic E-state index is 0.311. The van der Waals surface area contributed by atoms with Gasteiger partial charge in [-0.05, 0) is 25.0 Å². The number of methoxy groups -OCH3 is 1. The lowest BCUT2D eigenvalue weighted by Gasteiger charge is -2.10. The molecule has 0 atom stereocenters. The molecule has 3 nitrogen and oxygen atoms in total. The number of benzene rings is 1. The van der Waals surface area contributed by atoms with E-state index in [9.17, 15) is 4.79 Å². The summed E-state index contributed by atoms with van der Waals surface area (Å²) in [6.45, 7) is 4.43. The van der Waals surface area contributed by atoms with E-state index in [0.29, 0.717) is 17.9 Å².